The zero-order valence-corrected chi connectivity index (χ0v) is 11.9. The number of hydrogen-bond acceptors (Lipinski definition) is 2. The van der Waals surface area contributed by atoms with Crippen molar-refractivity contribution in [2.45, 2.75) is 19.9 Å². The fourth-order valence-electron chi connectivity index (χ4n) is 2.22. The number of halogens is 1. The molecule has 1 N–H and O–H groups in total. The highest BCUT2D eigenvalue weighted by Gasteiger charge is 2.14. The van der Waals surface area contributed by atoms with E-state index in [1.165, 1.54) is 6.07 Å². The molecule has 2 aromatic carbocycles. The van der Waals surface area contributed by atoms with Crippen molar-refractivity contribution in [2.24, 2.45) is 0 Å². The lowest BCUT2D eigenvalue weighted by Crippen LogP contribution is -2.26. The van der Waals surface area contributed by atoms with Gasteiger partial charge in [0.25, 0.3) is 0 Å². The van der Waals surface area contributed by atoms with Gasteiger partial charge in [-0.15, -0.1) is 0 Å². The van der Waals surface area contributed by atoms with Gasteiger partial charge in [-0.3, -0.25) is 4.79 Å². The topological polar surface area (TPSA) is 40.5 Å². The van der Waals surface area contributed by atoms with Gasteiger partial charge >= 0.3 is 5.97 Å². The van der Waals surface area contributed by atoms with E-state index in [0.717, 1.165) is 11.1 Å². The molecular formula is C17H18FNO2. The Morgan fingerprint density at radius 3 is 2.48 bits per heavy atom. The summed E-state index contributed by atoms with van der Waals surface area (Å²) >= 11 is 0. The van der Waals surface area contributed by atoms with Crippen LogP contribution < -0.4 is 4.90 Å². The van der Waals surface area contributed by atoms with E-state index in [0.29, 0.717) is 12.2 Å². The van der Waals surface area contributed by atoms with Gasteiger partial charge in [-0.1, -0.05) is 36.4 Å². The van der Waals surface area contributed by atoms with Gasteiger partial charge < -0.3 is 10.0 Å². The standard InChI is InChI=1S/C17H18FNO2/c1-13-6-2-3-7-14(13)12-19(11-10-17(20)21)16-9-5-4-8-15(16)18/h2-9H,10-12H2,1H3,(H,20,21). The molecule has 0 spiro atoms. The Morgan fingerprint density at radius 1 is 1.14 bits per heavy atom. The van der Waals surface area contributed by atoms with E-state index >= 15 is 0 Å². The summed E-state index contributed by atoms with van der Waals surface area (Å²) in [4.78, 5) is 12.6. The molecule has 0 saturated heterocycles. The number of aryl methyl sites for hydroxylation is 1. The summed E-state index contributed by atoms with van der Waals surface area (Å²) in [5.74, 6) is -1.22. The van der Waals surface area contributed by atoms with Crippen LogP contribution in [-0.4, -0.2) is 17.6 Å². The van der Waals surface area contributed by atoms with Crippen LogP contribution in [0.25, 0.3) is 0 Å². The molecule has 0 unspecified atom stereocenters. The van der Waals surface area contributed by atoms with Crippen LogP contribution in [0.5, 0.6) is 0 Å². The Hall–Kier alpha value is -2.36. The minimum Gasteiger partial charge on any atom is -0.481 e. The van der Waals surface area contributed by atoms with Crippen LogP contribution in [0, 0.1) is 12.7 Å². The van der Waals surface area contributed by atoms with Gasteiger partial charge in [-0.2, -0.15) is 0 Å². The quantitative estimate of drug-likeness (QED) is 0.882. The number of carboxylic acid groups (broad SMARTS) is 1. The highest BCUT2D eigenvalue weighted by atomic mass is 19.1. The molecule has 4 heteroatoms. The molecule has 0 heterocycles. The smallest absolute Gasteiger partial charge is 0.305 e. The lowest BCUT2D eigenvalue weighted by Gasteiger charge is -2.25. The summed E-state index contributed by atoms with van der Waals surface area (Å²) in [6.45, 7) is 2.75. The highest BCUT2D eigenvalue weighted by molar-refractivity contribution is 5.67. The fraction of sp³-hybridized carbons (Fsp3) is 0.235. The maximum atomic E-state index is 14.0. The SMILES string of the molecule is Cc1ccccc1CN(CCC(=O)O)c1ccccc1F. The van der Waals surface area contributed by atoms with Crippen molar-refractivity contribution in [1.82, 2.24) is 0 Å². The van der Waals surface area contributed by atoms with E-state index in [1.807, 2.05) is 31.2 Å². The van der Waals surface area contributed by atoms with Gasteiger partial charge in [0, 0.05) is 13.1 Å². The molecule has 110 valence electrons. The number of nitrogens with zero attached hydrogens (tertiary/aromatic N) is 1. The summed E-state index contributed by atoms with van der Waals surface area (Å²) < 4.78 is 14.0. The molecule has 0 atom stereocenters. The second-order valence-electron chi connectivity index (χ2n) is 4.94. The number of anilines is 1. The van der Waals surface area contributed by atoms with Crippen LogP contribution in [0.2, 0.25) is 0 Å². The maximum Gasteiger partial charge on any atom is 0.305 e. The number of benzene rings is 2. The van der Waals surface area contributed by atoms with E-state index in [9.17, 15) is 9.18 Å². The number of aliphatic carboxylic acids is 1. The van der Waals surface area contributed by atoms with Gasteiger partial charge in [0.15, 0.2) is 0 Å². The second kappa shape index (κ2) is 6.88. The molecule has 2 aromatic rings. The Morgan fingerprint density at radius 2 is 1.81 bits per heavy atom. The third-order valence-corrected chi connectivity index (χ3v) is 3.41. The van der Waals surface area contributed by atoms with Crippen LogP contribution in [-0.2, 0) is 11.3 Å². The molecule has 0 aliphatic rings. The first-order valence-electron chi connectivity index (χ1n) is 6.83. The number of para-hydroxylation sites is 1. The van der Waals surface area contributed by atoms with E-state index in [-0.39, 0.29) is 18.8 Å². The van der Waals surface area contributed by atoms with Crippen LogP contribution >= 0.6 is 0 Å². The van der Waals surface area contributed by atoms with Crippen molar-refractivity contribution in [3.05, 3.63) is 65.5 Å². The van der Waals surface area contributed by atoms with Crippen molar-refractivity contribution in [1.29, 1.82) is 0 Å². The molecule has 21 heavy (non-hydrogen) atoms. The molecule has 0 amide bonds. The third-order valence-electron chi connectivity index (χ3n) is 3.41. The first kappa shape index (κ1) is 15.0. The van der Waals surface area contributed by atoms with E-state index < -0.39 is 5.97 Å². The Kier molecular flexibility index (Phi) is 4.93. The summed E-state index contributed by atoms with van der Waals surface area (Å²) in [6, 6.07) is 14.3. The zero-order valence-electron chi connectivity index (χ0n) is 11.9. The first-order chi connectivity index (χ1) is 10.1. The van der Waals surface area contributed by atoms with Crippen molar-refractivity contribution >= 4 is 11.7 Å². The van der Waals surface area contributed by atoms with Crippen molar-refractivity contribution < 1.29 is 14.3 Å². The van der Waals surface area contributed by atoms with Gasteiger partial charge in [0.1, 0.15) is 5.82 Å². The number of carboxylic acids is 1. The molecule has 0 aromatic heterocycles. The lowest BCUT2D eigenvalue weighted by molar-refractivity contribution is -0.136. The van der Waals surface area contributed by atoms with Crippen LogP contribution in [0.3, 0.4) is 0 Å². The van der Waals surface area contributed by atoms with E-state index in [4.69, 9.17) is 5.11 Å². The molecule has 3 nitrogen and oxygen atoms in total. The monoisotopic (exact) mass is 287 g/mol. The number of rotatable bonds is 6. The van der Waals surface area contributed by atoms with Gasteiger partial charge in [-0.25, -0.2) is 4.39 Å². The van der Waals surface area contributed by atoms with Gasteiger partial charge in [-0.05, 0) is 30.2 Å². The zero-order chi connectivity index (χ0) is 15.2. The largest absolute Gasteiger partial charge is 0.481 e. The average Bonchev–Trinajstić information content (AvgIpc) is 2.46. The summed E-state index contributed by atoms with van der Waals surface area (Å²) in [5, 5.41) is 8.88. The van der Waals surface area contributed by atoms with Crippen molar-refractivity contribution in [2.75, 3.05) is 11.4 Å². The molecule has 0 saturated carbocycles. The number of carbonyl (C=O) groups is 1. The summed E-state index contributed by atoms with van der Waals surface area (Å²) in [7, 11) is 0. The Balaban J connectivity index is 2.26. The van der Waals surface area contributed by atoms with Crippen LogP contribution in [0.1, 0.15) is 17.5 Å². The van der Waals surface area contributed by atoms with Crippen LogP contribution in [0.15, 0.2) is 48.5 Å². The predicted molar refractivity (Wildman–Crippen MR) is 80.9 cm³/mol. The normalized spacial score (nSPS) is 10.4. The van der Waals surface area contributed by atoms with E-state index in [2.05, 4.69) is 0 Å². The van der Waals surface area contributed by atoms with Crippen LogP contribution in [0.4, 0.5) is 10.1 Å². The molecule has 0 aliphatic carbocycles. The maximum absolute atomic E-state index is 14.0. The second-order valence-corrected chi connectivity index (χ2v) is 4.94. The number of hydrogen-bond donors (Lipinski definition) is 1. The van der Waals surface area contributed by atoms with Crippen molar-refractivity contribution in [3.8, 4) is 0 Å². The van der Waals surface area contributed by atoms with E-state index in [1.54, 1.807) is 23.1 Å². The Labute approximate surface area is 123 Å². The third kappa shape index (κ3) is 4.05. The first-order valence-corrected chi connectivity index (χ1v) is 6.83. The lowest BCUT2D eigenvalue weighted by atomic mass is 10.1. The van der Waals surface area contributed by atoms with Gasteiger partial charge in [0.2, 0.25) is 0 Å². The average molecular weight is 287 g/mol. The fourth-order valence-corrected chi connectivity index (χ4v) is 2.22. The summed E-state index contributed by atoms with van der Waals surface area (Å²) in [5.41, 5.74) is 2.60. The Bertz CT molecular complexity index is 628. The minimum atomic E-state index is -0.888. The highest BCUT2D eigenvalue weighted by Crippen LogP contribution is 2.22. The summed E-state index contributed by atoms with van der Waals surface area (Å²) in [6.07, 6.45) is -0.0276. The molecule has 2 rings (SSSR count). The molecule has 0 aliphatic heterocycles. The molecule has 0 bridgehead atoms. The van der Waals surface area contributed by atoms with Crippen molar-refractivity contribution in [3.63, 3.8) is 0 Å². The molecular weight excluding hydrogens is 269 g/mol. The predicted octanol–water partition coefficient (Wildman–Crippen LogP) is 3.62. The molecule has 0 fully saturated rings. The minimum absolute atomic E-state index is 0.0276. The molecule has 0 radical (unpaired) electrons. The van der Waals surface area contributed by atoms with Gasteiger partial charge in [0.05, 0.1) is 12.1 Å².